The third-order valence-corrected chi connectivity index (χ3v) is 3.13. The van der Waals surface area contributed by atoms with E-state index in [0.29, 0.717) is 6.42 Å². The zero-order valence-corrected chi connectivity index (χ0v) is 8.26. The van der Waals surface area contributed by atoms with E-state index >= 15 is 0 Å². The van der Waals surface area contributed by atoms with Crippen LogP contribution in [0.3, 0.4) is 0 Å². The number of hydrogen-bond donors (Lipinski definition) is 2. The lowest BCUT2D eigenvalue weighted by Gasteiger charge is -2.38. The first-order chi connectivity index (χ1) is 5.36. The molecular formula is C10H18O2. The Balaban J connectivity index is 3.04. The standard InChI is InChI=1S/C10H18O2/c1-6-7(2)10(3,4)5-8(11)9(6)12/h8-9,11-12H,5H2,1-4H3. The molecule has 0 saturated carbocycles. The number of aliphatic hydroxyl groups is 2. The van der Waals surface area contributed by atoms with Crippen LogP contribution in [0.25, 0.3) is 0 Å². The highest BCUT2D eigenvalue weighted by Crippen LogP contribution is 2.39. The maximum Gasteiger partial charge on any atom is 0.101 e. The fourth-order valence-corrected chi connectivity index (χ4v) is 1.83. The van der Waals surface area contributed by atoms with Crippen LogP contribution in [0.5, 0.6) is 0 Å². The van der Waals surface area contributed by atoms with E-state index in [1.165, 1.54) is 5.57 Å². The zero-order chi connectivity index (χ0) is 9.52. The Labute approximate surface area is 73.9 Å². The van der Waals surface area contributed by atoms with Crippen LogP contribution in [0, 0.1) is 5.41 Å². The Morgan fingerprint density at radius 3 is 2.25 bits per heavy atom. The van der Waals surface area contributed by atoms with E-state index in [0.717, 1.165) is 5.57 Å². The highest BCUT2D eigenvalue weighted by Gasteiger charge is 2.35. The molecule has 2 atom stereocenters. The molecule has 0 bridgehead atoms. The van der Waals surface area contributed by atoms with Gasteiger partial charge in [0, 0.05) is 0 Å². The van der Waals surface area contributed by atoms with E-state index in [9.17, 15) is 10.2 Å². The lowest BCUT2D eigenvalue weighted by atomic mass is 9.71. The van der Waals surface area contributed by atoms with Crippen molar-refractivity contribution in [1.82, 2.24) is 0 Å². The molecule has 0 aliphatic heterocycles. The first kappa shape index (κ1) is 9.75. The van der Waals surface area contributed by atoms with Gasteiger partial charge in [-0.3, -0.25) is 0 Å². The van der Waals surface area contributed by atoms with Crippen LogP contribution in [0.15, 0.2) is 11.1 Å². The Morgan fingerprint density at radius 1 is 1.25 bits per heavy atom. The van der Waals surface area contributed by atoms with Crippen molar-refractivity contribution in [2.45, 2.75) is 46.3 Å². The van der Waals surface area contributed by atoms with Crippen molar-refractivity contribution in [3.63, 3.8) is 0 Å². The van der Waals surface area contributed by atoms with Crippen LogP contribution in [0.1, 0.15) is 34.1 Å². The van der Waals surface area contributed by atoms with Gasteiger partial charge in [-0.1, -0.05) is 19.4 Å². The summed E-state index contributed by atoms with van der Waals surface area (Å²) in [5.74, 6) is 0. The molecule has 12 heavy (non-hydrogen) atoms. The summed E-state index contributed by atoms with van der Waals surface area (Å²) in [5.41, 5.74) is 2.17. The average Bonchev–Trinajstić information content (AvgIpc) is 1.97. The molecule has 1 aliphatic rings. The molecule has 0 spiro atoms. The summed E-state index contributed by atoms with van der Waals surface area (Å²) in [6.45, 7) is 8.12. The molecule has 2 unspecified atom stereocenters. The molecule has 2 N–H and O–H groups in total. The Morgan fingerprint density at radius 2 is 1.75 bits per heavy atom. The molecule has 2 heteroatoms. The van der Waals surface area contributed by atoms with E-state index in [1.54, 1.807) is 0 Å². The van der Waals surface area contributed by atoms with Crippen LogP contribution in [0.2, 0.25) is 0 Å². The van der Waals surface area contributed by atoms with Crippen LogP contribution < -0.4 is 0 Å². The smallest absolute Gasteiger partial charge is 0.101 e. The number of hydrogen-bond acceptors (Lipinski definition) is 2. The molecule has 0 saturated heterocycles. The molecule has 2 nitrogen and oxygen atoms in total. The maximum atomic E-state index is 9.54. The molecular weight excluding hydrogens is 152 g/mol. The van der Waals surface area contributed by atoms with E-state index < -0.39 is 12.2 Å². The fraction of sp³-hybridized carbons (Fsp3) is 0.800. The van der Waals surface area contributed by atoms with E-state index in [-0.39, 0.29) is 5.41 Å². The van der Waals surface area contributed by atoms with Gasteiger partial charge in [0.2, 0.25) is 0 Å². The quantitative estimate of drug-likeness (QED) is 0.540. The van der Waals surface area contributed by atoms with E-state index in [2.05, 4.69) is 13.8 Å². The second-order valence-corrected chi connectivity index (χ2v) is 4.41. The van der Waals surface area contributed by atoms with Gasteiger partial charge in [-0.15, -0.1) is 0 Å². The van der Waals surface area contributed by atoms with Crippen molar-refractivity contribution < 1.29 is 10.2 Å². The summed E-state index contributed by atoms with van der Waals surface area (Å²) in [5, 5.41) is 19.1. The van der Waals surface area contributed by atoms with Crippen molar-refractivity contribution in [3.05, 3.63) is 11.1 Å². The van der Waals surface area contributed by atoms with Gasteiger partial charge >= 0.3 is 0 Å². The van der Waals surface area contributed by atoms with Crippen molar-refractivity contribution in [2.24, 2.45) is 5.41 Å². The highest BCUT2D eigenvalue weighted by molar-refractivity contribution is 5.25. The predicted octanol–water partition coefficient (Wildman–Crippen LogP) is 1.47. The topological polar surface area (TPSA) is 40.5 Å². The monoisotopic (exact) mass is 170 g/mol. The normalized spacial score (nSPS) is 35.5. The third kappa shape index (κ3) is 1.41. The predicted molar refractivity (Wildman–Crippen MR) is 48.8 cm³/mol. The summed E-state index contributed by atoms with van der Waals surface area (Å²) in [6.07, 6.45) is -0.598. The first-order valence-electron chi connectivity index (χ1n) is 4.40. The minimum absolute atomic E-state index is 0.0305. The Bertz CT molecular complexity index is 216. The van der Waals surface area contributed by atoms with E-state index in [4.69, 9.17) is 0 Å². The molecule has 0 aromatic rings. The number of aliphatic hydroxyl groups excluding tert-OH is 2. The van der Waals surface area contributed by atoms with Gasteiger partial charge in [-0.2, -0.15) is 0 Å². The first-order valence-corrected chi connectivity index (χ1v) is 4.40. The molecule has 0 heterocycles. The minimum atomic E-state index is -0.655. The van der Waals surface area contributed by atoms with Crippen molar-refractivity contribution in [2.75, 3.05) is 0 Å². The molecule has 1 aliphatic carbocycles. The Hall–Kier alpha value is -0.340. The second kappa shape index (κ2) is 2.86. The lowest BCUT2D eigenvalue weighted by molar-refractivity contribution is 0.00575. The number of rotatable bonds is 0. The van der Waals surface area contributed by atoms with Crippen LogP contribution in [-0.2, 0) is 0 Å². The molecule has 0 amide bonds. The van der Waals surface area contributed by atoms with Crippen LogP contribution in [-0.4, -0.2) is 22.4 Å². The lowest BCUT2D eigenvalue weighted by Crippen LogP contribution is -2.38. The summed E-state index contributed by atoms with van der Waals surface area (Å²) < 4.78 is 0. The maximum absolute atomic E-state index is 9.54. The largest absolute Gasteiger partial charge is 0.390 e. The number of allylic oxidation sites excluding steroid dienone is 1. The van der Waals surface area contributed by atoms with Gasteiger partial charge in [-0.05, 0) is 31.3 Å². The summed E-state index contributed by atoms with van der Waals surface area (Å²) >= 11 is 0. The average molecular weight is 170 g/mol. The molecule has 70 valence electrons. The summed E-state index contributed by atoms with van der Waals surface area (Å²) in [4.78, 5) is 0. The Kier molecular flexibility index (Phi) is 2.32. The summed E-state index contributed by atoms with van der Waals surface area (Å²) in [7, 11) is 0. The van der Waals surface area contributed by atoms with Gasteiger partial charge in [0.1, 0.15) is 6.10 Å². The molecule has 1 rings (SSSR count). The second-order valence-electron chi connectivity index (χ2n) is 4.41. The van der Waals surface area contributed by atoms with Crippen LogP contribution in [0.4, 0.5) is 0 Å². The molecule has 0 fully saturated rings. The fourth-order valence-electron chi connectivity index (χ4n) is 1.83. The third-order valence-electron chi connectivity index (χ3n) is 3.13. The van der Waals surface area contributed by atoms with Crippen molar-refractivity contribution in [3.8, 4) is 0 Å². The highest BCUT2D eigenvalue weighted by atomic mass is 16.3. The molecule has 0 radical (unpaired) electrons. The van der Waals surface area contributed by atoms with E-state index in [1.807, 2.05) is 13.8 Å². The van der Waals surface area contributed by atoms with Gasteiger partial charge in [0.25, 0.3) is 0 Å². The minimum Gasteiger partial charge on any atom is -0.390 e. The summed E-state index contributed by atoms with van der Waals surface area (Å²) in [6, 6.07) is 0. The van der Waals surface area contributed by atoms with Gasteiger partial charge in [0.15, 0.2) is 0 Å². The van der Waals surface area contributed by atoms with Crippen molar-refractivity contribution in [1.29, 1.82) is 0 Å². The SMILES string of the molecule is CC1=C(C)C(C)(C)CC(O)C1O. The van der Waals surface area contributed by atoms with Gasteiger partial charge in [-0.25, -0.2) is 0 Å². The molecule has 0 aromatic heterocycles. The van der Waals surface area contributed by atoms with Crippen molar-refractivity contribution >= 4 is 0 Å². The van der Waals surface area contributed by atoms with Gasteiger partial charge < -0.3 is 10.2 Å². The van der Waals surface area contributed by atoms with Gasteiger partial charge in [0.05, 0.1) is 6.10 Å². The zero-order valence-electron chi connectivity index (χ0n) is 8.26. The molecule has 0 aromatic carbocycles. The van der Waals surface area contributed by atoms with Crippen LogP contribution >= 0.6 is 0 Å².